The second kappa shape index (κ2) is 12.1. The number of hydrogen-bond acceptors (Lipinski definition) is 0. The van der Waals surface area contributed by atoms with Crippen molar-refractivity contribution < 1.29 is 24.2 Å². The Morgan fingerprint density at radius 3 is 1.54 bits per heavy atom. The second-order valence-corrected chi connectivity index (χ2v) is 10.1. The van der Waals surface area contributed by atoms with Crippen LogP contribution in [0, 0.1) is 19.9 Å². The van der Waals surface area contributed by atoms with Gasteiger partial charge in [-0.05, 0) is 13.8 Å². The Hall–Kier alpha value is -3.02. The summed E-state index contributed by atoms with van der Waals surface area (Å²) in [4.78, 5) is 0. The summed E-state index contributed by atoms with van der Waals surface area (Å²) in [7, 11) is 0. The van der Waals surface area contributed by atoms with Crippen LogP contribution in [0.2, 0.25) is 0 Å². The maximum atomic E-state index is 3.12. The van der Waals surface area contributed by atoms with Crippen LogP contribution in [0.15, 0.2) is 121 Å². The molecule has 5 aromatic carbocycles. The van der Waals surface area contributed by atoms with E-state index in [0.717, 1.165) is 6.42 Å². The summed E-state index contributed by atoms with van der Waals surface area (Å²) in [5.74, 6) is 0. The molecule has 1 aliphatic carbocycles. The van der Waals surface area contributed by atoms with Gasteiger partial charge in [-0.3, -0.25) is 6.08 Å². The van der Waals surface area contributed by atoms with Crippen molar-refractivity contribution in [3.63, 3.8) is 0 Å². The van der Waals surface area contributed by atoms with Crippen molar-refractivity contribution in [1.82, 2.24) is 0 Å². The van der Waals surface area contributed by atoms with Gasteiger partial charge in [-0.25, -0.2) is 11.6 Å². The van der Waals surface area contributed by atoms with Crippen LogP contribution in [0.25, 0.3) is 21.5 Å². The summed E-state index contributed by atoms with van der Waals surface area (Å²) in [6, 6.07) is 36.7. The molecule has 0 unspecified atom stereocenters. The van der Waals surface area contributed by atoms with E-state index in [0.29, 0.717) is 0 Å². The number of rotatable bonds is 2. The van der Waals surface area contributed by atoms with Gasteiger partial charge >= 0.3 is 99.2 Å². The van der Waals surface area contributed by atoms with E-state index in [4.69, 9.17) is 0 Å². The van der Waals surface area contributed by atoms with Crippen molar-refractivity contribution in [2.45, 2.75) is 27.2 Å². The Kier molecular flexibility index (Phi) is 8.67. The summed E-state index contributed by atoms with van der Waals surface area (Å²) < 4.78 is 1.42. The summed E-state index contributed by atoms with van der Waals surface area (Å²) in [5, 5.41) is 5.46. The minimum atomic E-state index is 1.02. The standard InChI is InChI=1S/C15H13.C13H10.C6H7.Zr/c1-10-3-5-14-12(7-10)9-13-8-11(2)4-6-15(13)14;1-3-7-12(8-4-1)11-13-9-5-2-6-10-13;1-6-4-2-3-5-6;/h3-9H,1-2H3;1-10H;2,4H,3H2,1H3;/q-1;;-1;+2. The number of benzene rings is 4. The molecule has 5 aromatic rings. The zero-order valence-corrected chi connectivity index (χ0v) is 23.1. The number of fused-ring (bicyclic) bond motifs is 3. The van der Waals surface area contributed by atoms with Crippen molar-refractivity contribution in [1.29, 1.82) is 0 Å². The Labute approximate surface area is 224 Å². The molecule has 0 N–H and O–H groups in total. The molecule has 0 aliphatic heterocycles. The molecule has 0 saturated carbocycles. The number of hydrogen-bond donors (Lipinski definition) is 0. The topological polar surface area (TPSA) is 0 Å². The first-order valence-electron chi connectivity index (χ1n) is 12.0. The average molecular weight is 530 g/mol. The van der Waals surface area contributed by atoms with Crippen LogP contribution in [0.4, 0.5) is 0 Å². The third-order valence-corrected chi connectivity index (χ3v) is 7.43. The third kappa shape index (κ3) is 6.77. The Balaban J connectivity index is 0.000000135. The first-order valence-corrected chi connectivity index (χ1v) is 13.2. The van der Waals surface area contributed by atoms with Crippen LogP contribution in [0.3, 0.4) is 0 Å². The molecule has 1 heteroatoms. The van der Waals surface area contributed by atoms with Gasteiger partial charge in [-0.2, -0.15) is 6.08 Å². The van der Waals surface area contributed by atoms with Crippen LogP contribution in [-0.2, 0) is 24.2 Å². The van der Waals surface area contributed by atoms with Crippen molar-refractivity contribution in [3.8, 4) is 0 Å². The van der Waals surface area contributed by atoms with Gasteiger partial charge < -0.3 is 0 Å². The fourth-order valence-corrected chi connectivity index (χ4v) is 4.97. The molecule has 0 aromatic heterocycles. The molecule has 1 aliphatic rings. The van der Waals surface area contributed by atoms with E-state index >= 15 is 0 Å². The molecule has 0 bridgehead atoms. The van der Waals surface area contributed by atoms with E-state index < -0.39 is 0 Å². The molecule has 0 saturated heterocycles. The van der Waals surface area contributed by atoms with Crippen LogP contribution in [-0.4, -0.2) is 3.21 Å². The maximum absolute atomic E-state index is 3.12. The van der Waals surface area contributed by atoms with Gasteiger partial charge in [0.1, 0.15) is 0 Å². The van der Waals surface area contributed by atoms with E-state index in [2.05, 4.69) is 142 Å². The van der Waals surface area contributed by atoms with E-state index in [1.165, 1.54) is 76.8 Å². The van der Waals surface area contributed by atoms with Crippen molar-refractivity contribution in [3.05, 3.63) is 149 Å². The first-order chi connectivity index (χ1) is 17.0. The summed E-state index contributed by atoms with van der Waals surface area (Å²) >= 11 is 1.46. The van der Waals surface area contributed by atoms with Crippen molar-refractivity contribution in [2.75, 3.05) is 0 Å². The Bertz CT molecular complexity index is 1380. The molecule has 0 spiro atoms. The normalized spacial score (nSPS) is 12.0. The third-order valence-electron chi connectivity index (χ3n) is 6.01. The van der Waals surface area contributed by atoms with Gasteiger partial charge in [0.2, 0.25) is 0 Å². The van der Waals surface area contributed by atoms with Crippen LogP contribution >= 0.6 is 0 Å². The fourth-order valence-electron chi connectivity index (χ4n) is 4.15. The molecule has 35 heavy (non-hydrogen) atoms. The molecule has 170 valence electrons. The average Bonchev–Trinajstić information content (AvgIpc) is 3.50. The fraction of sp³-hybridized carbons (Fsp3) is 0.118. The minimum absolute atomic E-state index is 1.02. The van der Waals surface area contributed by atoms with Gasteiger partial charge in [-0.1, -0.05) is 42.3 Å². The summed E-state index contributed by atoms with van der Waals surface area (Å²) in [6.07, 6.45) is 8.33. The van der Waals surface area contributed by atoms with Gasteiger partial charge in [0, 0.05) is 0 Å². The number of aryl methyl sites for hydroxylation is 2. The second-order valence-electron chi connectivity index (χ2n) is 8.90. The van der Waals surface area contributed by atoms with E-state index in [1.807, 2.05) is 0 Å². The quantitative estimate of drug-likeness (QED) is 0.200. The molecule has 0 heterocycles. The zero-order chi connectivity index (χ0) is 24.6. The molecule has 0 radical (unpaired) electrons. The SMILES string of the molecule is CC1=[C-]CC=C1.Cc1ccc2c(c1)[cH-]c1cc(C)ccc12.[Zr+2]=[C](c1ccccc1)c1ccccc1. The predicted molar refractivity (Wildman–Crippen MR) is 149 cm³/mol. The van der Waals surface area contributed by atoms with Crippen LogP contribution in [0.5, 0.6) is 0 Å². The van der Waals surface area contributed by atoms with Crippen molar-refractivity contribution in [2.24, 2.45) is 0 Å². The molecule has 0 amide bonds. The van der Waals surface area contributed by atoms with E-state index in [1.54, 1.807) is 0 Å². The van der Waals surface area contributed by atoms with Crippen molar-refractivity contribution >= 4 is 24.8 Å². The molecule has 0 nitrogen and oxygen atoms in total. The van der Waals surface area contributed by atoms with Gasteiger partial charge in [-0.15, -0.1) is 46.2 Å². The first kappa shape index (κ1) is 25.1. The molecule has 6 rings (SSSR count). The number of allylic oxidation sites excluding steroid dienone is 4. The summed E-state index contributed by atoms with van der Waals surface area (Å²) in [6.45, 7) is 6.34. The Morgan fingerprint density at radius 1 is 0.686 bits per heavy atom. The monoisotopic (exact) mass is 528 g/mol. The molecular weight excluding hydrogens is 500 g/mol. The molecule has 0 fully saturated rings. The summed E-state index contributed by atoms with van der Waals surface area (Å²) in [5.41, 5.74) is 6.59. The van der Waals surface area contributed by atoms with Gasteiger partial charge in [0.05, 0.1) is 0 Å². The van der Waals surface area contributed by atoms with E-state index in [9.17, 15) is 0 Å². The Morgan fingerprint density at radius 2 is 1.17 bits per heavy atom. The van der Waals surface area contributed by atoms with Crippen LogP contribution < -0.4 is 0 Å². The van der Waals surface area contributed by atoms with E-state index in [-0.39, 0.29) is 0 Å². The van der Waals surface area contributed by atoms with Gasteiger partial charge in [0.15, 0.2) is 0 Å². The molecule has 0 atom stereocenters. The van der Waals surface area contributed by atoms with Crippen LogP contribution in [0.1, 0.15) is 35.6 Å². The zero-order valence-electron chi connectivity index (χ0n) is 20.7. The predicted octanol–water partition coefficient (Wildman–Crippen LogP) is 8.83. The van der Waals surface area contributed by atoms with Gasteiger partial charge in [0.25, 0.3) is 0 Å². The molecular formula is C34H30Zr.